The van der Waals surface area contributed by atoms with Crippen LogP contribution < -0.4 is 5.32 Å². The Balaban J connectivity index is 1.62. The molecule has 4 rings (SSSR count). The standard InChI is InChI=1S/C23H18ClN3O2/c24-19-13-7-12-18(15-19)21-26-23(29-27-21)20(14-16-8-3-1-4-9-16)25-22(28)17-10-5-2-6-11-17/h1-13,15,20H,14H2,(H,25,28)/t20-/m0/s1. The lowest BCUT2D eigenvalue weighted by Crippen LogP contribution is -2.30. The molecule has 0 bridgehead atoms. The van der Waals surface area contributed by atoms with Gasteiger partial charge in [0, 0.05) is 22.6 Å². The zero-order valence-corrected chi connectivity index (χ0v) is 16.2. The van der Waals surface area contributed by atoms with Crippen molar-refractivity contribution in [2.75, 3.05) is 0 Å². The number of aromatic nitrogens is 2. The summed E-state index contributed by atoms with van der Waals surface area (Å²) in [5.41, 5.74) is 2.37. The van der Waals surface area contributed by atoms with E-state index in [0.717, 1.165) is 11.1 Å². The van der Waals surface area contributed by atoms with Crippen LogP contribution in [0.25, 0.3) is 11.4 Å². The van der Waals surface area contributed by atoms with Crippen LogP contribution in [-0.2, 0) is 6.42 Å². The summed E-state index contributed by atoms with van der Waals surface area (Å²) in [6.45, 7) is 0. The number of halogens is 1. The molecule has 0 spiro atoms. The molecule has 6 heteroatoms. The molecule has 29 heavy (non-hydrogen) atoms. The van der Waals surface area contributed by atoms with E-state index in [0.29, 0.717) is 28.7 Å². The topological polar surface area (TPSA) is 68.0 Å². The maximum Gasteiger partial charge on any atom is 0.251 e. The molecule has 1 heterocycles. The number of hydrogen-bond acceptors (Lipinski definition) is 4. The summed E-state index contributed by atoms with van der Waals surface area (Å²) in [5, 5.41) is 7.68. The minimum absolute atomic E-state index is 0.200. The van der Waals surface area contributed by atoms with Crippen LogP contribution in [-0.4, -0.2) is 16.0 Å². The van der Waals surface area contributed by atoms with Crippen molar-refractivity contribution < 1.29 is 9.32 Å². The molecule has 3 aromatic carbocycles. The minimum atomic E-state index is -0.467. The van der Waals surface area contributed by atoms with Crippen LogP contribution in [0.1, 0.15) is 27.9 Å². The van der Waals surface area contributed by atoms with E-state index in [2.05, 4.69) is 15.5 Å². The number of amides is 1. The molecule has 4 aromatic rings. The Morgan fingerprint density at radius 2 is 1.69 bits per heavy atom. The fraction of sp³-hybridized carbons (Fsp3) is 0.0870. The molecule has 1 amide bonds. The average Bonchev–Trinajstić information content (AvgIpc) is 3.25. The zero-order valence-electron chi connectivity index (χ0n) is 15.5. The van der Waals surface area contributed by atoms with Crippen LogP contribution in [0.4, 0.5) is 0 Å². The lowest BCUT2D eigenvalue weighted by atomic mass is 10.1. The monoisotopic (exact) mass is 403 g/mol. The third-order valence-corrected chi connectivity index (χ3v) is 4.68. The van der Waals surface area contributed by atoms with Gasteiger partial charge in [-0.3, -0.25) is 4.79 Å². The van der Waals surface area contributed by atoms with Crippen molar-refractivity contribution in [2.24, 2.45) is 0 Å². The molecule has 1 atom stereocenters. The first-order chi connectivity index (χ1) is 14.2. The van der Waals surface area contributed by atoms with E-state index in [1.807, 2.05) is 60.7 Å². The van der Waals surface area contributed by atoms with E-state index in [9.17, 15) is 4.79 Å². The third kappa shape index (κ3) is 4.70. The van der Waals surface area contributed by atoms with Gasteiger partial charge < -0.3 is 9.84 Å². The van der Waals surface area contributed by atoms with Gasteiger partial charge in [0.05, 0.1) is 0 Å². The summed E-state index contributed by atoms with van der Waals surface area (Å²) in [5.74, 6) is 0.566. The van der Waals surface area contributed by atoms with Crippen molar-refractivity contribution in [3.63, 3.8) is 0 Å². The molecule has 0 aliphatic carbocycles. The van der Waals surface area contributed by atoms with E-state index in [1.165, 1.54) is 0 Å². The molecule has 0 aliphatic rings. The van der Waals surface area contributed by atoms with E-state index in [4.69, 9.17) is 16.1 Å². The first kappa shape index (κ1) is 18.9. The van der Waals surface area contributed by atoms with Gasteiger partial charge in [0.1, 0.15) is 6.04 Å². The Labute approximate surface area is 173 Å². The van der Waals surface area contributed by atoms with E-state index >= 15 is 0 Å². The fourth-order valence-electron chi connectivity index (χ4n) is 3.00. The highest BCUT2D eigenvalue weighted by molar-refractivity contribution is 6.30. The molecule has 0 fully saturated rings. The quantitative estimate of drug-likeness (QED) is 0.486. The molecule has 0 saturated heterocycles. The number of rotatable bonds is 6. The van der Waals surface area contributed by atoms with E-state index in [1.54, 1.807) is 24.3 Å². The molecule has 1 aromatic heterocycles. The van der Waals surface area contributed by atoms with Crippen LogP contribution in [0.3, 0.4) is 0 Å². The van der Waals surface area contributed by atoms with Gasteiger partial charge in [-0.15, -0.1) is 0 Å². The number of hydrogen-bond donors (Lipinski definition) is 1. The van der Waals surface area contributed by atoms with Crippen LogP contribution in [0.15, 0.2) is 89.5 Å². The Morgan fingerprint density at radius 3 is 2.41 bits per heavy atom. The molecule has 1 N–H and O–H groups in total. The van der Waals surface area contributed by atoms with E-state index in [-0.39, 0.29) is 5.91 Å². The molecule has 0 aliphatic heterocycles. The fourth-order valence-corrected chi connectivity index (χ4v) is 3.19. The number of nitrogens with zero attached hydrogens (tertiary/aromatic N) is 2. The summed E-state index contributed by atoms with van der Waals surface area (Å²) in [4.78, 5) is 17.2. The van der Waals surface area contributed by atoms with Gasteiger partial charge >= 0.3 is 0 Å². The van der Waals surface area contributed by atoms with Gasteiger partial charge in [0.25, 0.3) is 5.91 Å². The Hall–Kier alpha value is -3.44. The second-order valence-electron chi connectivity index (χ2n) is 6.55. The van der Waals surface area contributed by atoms with Gasteiger partial charge in [-0.25, -0.2) is 0 Å². The van der Waals surface area contributed by atoms with Gasteiger partial charge in [0.2, 0.25) is 11.7 Å². The molecule has 144 valence electrons. The largest absolute Gasteiger partial charge is 0.340 e. The highest BCUT2D eigenvalue weighted by atomic mass is 35.5. The molecular formula is C23H18ClN3O2. The summed E-state index contributed by atoms with van der Waals surface area (Å²) in [6, 6.07) is 25.7. The summed E-state index contributed by atoms with van der Waals surface area (Å²) >= 11 is 6.06. The number of benzene rings is 3. The SMILES string of the molecule is O=C(N[C@@H](Cc1ccccc1)c1nc(-c2cccc(Cl)c2)no1)c1ccccc1. The van der Waals surface area contributed by atoms with Crippen molar-refractivity contribution in [3.05, 3.63) is 107 Å². The van der Waals surface area contributed by atoms with Crippen LogP contribution in [0.5, 0.6) is 0 Å². The summed E-state index contributed by atoms with van der Waals surface area (Å²) in [7, 11) is 0. The number of carbonyl (C=O) groups excluding carboxylic acids is 1. The molecule has 0 radical (unpaired) electrons. The van der Waals surface area contributed by atoms with Crippen LogP contribution >= 0.6 is 11.6 Å². The second-order valence-corrected chi connectivity index (χ2v) is 6.98. The summed E-state index contributed by atoms with van der Waals surface area (Å²) < 4.78 is 5.51. The predicted molar refractivity (Wildman–Crippen MR) is 112 cm³/mol. The first-order valence-electron chi connectivity index (χ1n) is 9.18. The van der Waals surface area contributed by atoms with Gasteiger partial charge in [-0.1, -0.05) is 77.4 Å². The Kier molecular flexibility index (Phi) is 5.68. The van der Waals surface area contributed by atoms with Crippen molar-refractivity contribution >= 4 is 17.5 Å². The Bertz CT molecular complexity index is 1100. The number of carbonyl (C=O) groups is 1. The molecule has 0 unspecified atom stereocenters. The lowest BCUT2D eigenvalue weighted by Gasteiger charge is -2.15. The van der Waals surface area contributed by atoms with Gasteiger partial charge in [-0.05, 0) is 29.8 Å². The maximum absolute atomic E-state index is 12.7. The molecule has 0 saturated carbocycles. The average molecular weight is 404 g/mol. The van der Waals surface area contributed by atoms with E-state index < -0.39 is 6.04 Å². The van der Waals surface area contributed by atoms with Crippen LogP contribution in [0, 0.1) is 0 Å². The lowest BCUT2D eigenvalue weighted by molar-refractivity contribution is 0.0928. The zero-order chi connectivity index (χ0) is 20.1. The van der Waals surface area contributed by atoms with Crippen LogP contribution in [0.2, 0.25) is 5.02 Å². The summed E-state index contributed by atoms with van der Waals surface area (Å²) in [6.07, 6.45) is 0.524. The smallest absolute Gasteiger partial charge is 0.251 e. The normalized spacial score (nSPS) is 11.8. The first-order valence-corrected chi connectivity index (χ1v) is 9.56. The van der Waals surface area contributed by atoms with Crippen molar-refractivity contribution in [1.82, 2.24) is 15.5 Å². The predicted octanol–water partition coefficient (Wildman–Crippen LogP) is 5.10. The van der Waals surface area contributed by atoms with Gasteiger partial charge in [-0.2, -0.15) is 4.98 Å². The van der Waals surface area contributed by atoms with Crippen molar-refractivity contribution in [2.45, 2.75) is 12.5 Å². The molecular weight excluding hydrogens is 386 g/mol. The Morgan fingerprint density at radius 1 is 0.966 bits per heavy atom. The second kappa shape index (κ2) is 8.71. The maximum atomic E-state index is 12.7. The highest BCUT2D eigenvalue weighted by Gasteiger charge is 2.23. The molecule has 5 nitrogen and oxygen atoms in total. The van der Waals surface area contributed by atoms with Crippen molar-refractivity contribution in [3.8, 4) is 11.4 Å². The van der Waals surface area contributed by atoms with Crippen molar-refractivity contribution in [1.29, 1.82) is 0 Å². The highest BCUT2D eigenvalue weighted by Crippen LogP contribution is 2.24. The third-order valence-electron chi connectivity index (χ3n) is 4.45. The van der Waals surface area contributed by atoms with Gasteiger partial charge in [0.15, 0.2) is 0 Å². The number of nitrogens with one attached hydrogen (secondary N) is 1. The minimum Gasteiger partial charge on any atom is -0.340 e.